The van der Waals surface area contributed by atoms with Crippen LogP contribution in [-0.2, 0) is 28.4 Å². The third-order valence-electron chi connectivity index (χ3n) is 11.0. The Kier molecular flexibility index (Phi) is 4.65. The second-order valence-electron chi connectivity index (χ2n) is 12.1. The van der Waals surface area contributed by atoms with Crippen molar-refractivity contribution in [2.75, 3.05) is 39.6 Å². The summed E-state index contributed by atoms with van der Waals surface area (Å²) in [5, 5.41) is 0. The lowest BCUT2D eigenvalue weighted by atomic mass is 9.41. The highest BCUT2D eigenvalue weighted by molar-refractivity contribution is 5.29. The van der Waals surface area contributed by atoms with Crippen LogP contribution < -0.4 is 0 Å². The number of fused-ring (bicyclic) bond motifs is 7. The average Bonchev–Trinajstić information content (AvgIpc) is 3.60. The normalized spacial score (nSPS) is 52.3. The molecular formula is C26H36F2O6. The van der Waals surface area contributed by atoms with Crippen LogP contribution in [0.4, 0.5) is 8.78 Å². The fraction of sp³-hybridized carbons (Fsp3) is 0.923. The minimum Gasteiger partial charge on any atom is -0.348 e. The van der Waals surface area contributed by atoms with Crippen LogP contribution in [0.5, 0.6) is 0 Å². The lowest BCUT2D eigenvalue weighted by molar-refractivity contribution is -0.373. The van der Waals surface area contributed by atoms with Crippen LogP contribution in [0.2, 0.25) is 0 Å². The fourth-order valence-corrected chi connectivity index (χ4v) is 9.68. The van der Waals surface area contributed by atoms with Crippen molar-refractivity contribution in [2.45, 2.75) is 75.7 Å². The molecule has 0 aromatic carbocycles. The molecule has 7 aliphatic rings. The Bertz CT molecular complexity index is 879. The van der Waals surface area contributed by atoms with Crippen LogP contribution in [0.25, 0.3) is 0 Å². The van der Waals surface area contributed by atoms with Gasteiger partial charge in [0.05, 0.1) is 45.1 Å². The van der Waals surface area contributed by atoms with Gasteiger partial charge >= 0.3 is 0 Å². The van der Waals surface area contributed by atoms with E-state index in [1.54, 1.807) is 0 Å². The van der Waals surface area contributed by atoms with Gasteiger partial charge in [0.2, 0.25) is 11.6 Å². The van der Waals surface area contributed by atoms with Crippen LogP contribution in [0.3, 0.4) is 0 Å². The molecular weight excluding hydrogens is 446 g/mol. The maximum atomic E-state index is 17.2. The van der Waals surface area contributed by atoms with Gasteiger partial charge in [-0.25, -0.2) is 8.78 Å². The third kappa shape index (κ3) is 2.42. The van der Waals surface area contributed by atoms with Crippen molar-refractivity contribution < 1.29 is 37.2 Å². The maximum Gasteiger partial charge on any atom is 0.208 e. The molecule has 4 unspecified atom stereocenters. The Hall–Kier alpha value is -0.640. The largest absolute Gasteiger partial charge is 0.348 e. The zero-order chi connectivity index (χ0) is 23.6. The number of ether oxygens (including phenoxy) is 6. The molecule has 8 atom stereocenters. The van der Waals surface area contributed by atoms with Gasteiger partial charge in [0.25, 0.3) is 0 Å². The standard InChI is InChI=1S/C26H36F2O6/c1-15-12-16-17-13-19(27)26(33-10-11-34-26)23(17,3)21(28)25(31-8-9-32-25)20(16)22(2)4-5-24(14-18(15)22)29-6-7-30-24/h16-21H,1,4-14H2,2-3H3/t16?,17?,18-,19-,20?,21?,22+,23-/m1/s1. The third-order valence-corrected chi connectivity index (χ3v) is 11.0. The molecule has 3 aliphatic heterocycles. The second kappa shape index (κ2) is 7.01. The summed E-state index contributed by atoms with van der Waals surface area (Å²) in [7, 11) is 0. The molecule has 3 spiro atoms. The molecule has 0 radical (unpaired) electrons. The smallest absolute Gasteiger partial charge is 0.208 e. The molecule has 190 valence electrons. The van der Waals surface area contributed by atoms with Gasteiger partial charge in [-0.3, -0.25) is 0 Å². The SMILES string of the molecule is C=C1CC2C3C[C@@H](F)C4(OCCO4)[C@@]3(C)C(F)C3(OCCO3)C2[C@@]2(C)CCC3(C[C@H]12)OCCO3. The average molecular weight is 483 g/mol. The quantitative estimate of drug-likeness (QED) is 0.488. The van der Waals surface area contributed by atoms with Crippen molar-refractivity contribution in [3.8, 4) is 0 Å². The van der Waals surface area contributed by atoms with Gasteiger partial charge in [0.15, 0.2) is 18.1 Å². The molecule has 0 N–H and O–H groups in total. The topological polar surface area (TPSA) is 55.4 Å². The van der Waals surface area contributed by atoms with Gasteiger partial charge in [-0.2, -0.15) is 0 Å². The highest BCUT2D eigenvalue weighted by Crippen LogP contribution is 2.74. The highest BCUT2D eigenvalue weighted by Gasteiger charge is 2.82. The minimum absolute atomic E-state index is 0.0336. The van der Waals surface area contributed by atoms with Gasteiger partial charge in [-0.05, 0) is 42.4 Å². The molecule has 0 aromatic rings. The van der Waals surface area contributed by atoms with Gasteiger partial charge in [-0.15, -0.1) is 0 Å². The van der Waals surface area contributed by atoms with E-state index in [9.17, 15) is 0 Å². The van der Waals surface area contributed by atoms with Crippen LogP contribution in [0.15, 0.2) is 12.2 Å². The molecule has 6 nitrogen and oxygen atoms in total. The van der Waals surface area contributed by atoms with Crippen molar-refractivity contribution in [1.82, 2.24) is 0 Å². The molecule has 3 heterocycles. The first-order valence-corrected chi connectivity index (χ1v) is 13.0. The zero-order valence-corrected chi connectivity index (χ0v) is 20.2. The maximum absolute atomic E-state index is 17.2. The van der Waals surface area contributed by atoms with Crippen molar-refractivity contribution in [1.29, 1.82) is 0 Å². The monoisotopic (exact) mass is 482 g/mol. The van der Waals surface area contributed by atoms with Gasteiger partial charge < -0.3 is 28.4 Å². The van der Waals surface area contributed by atoms with Crippen molar-refractivity contribution in [3.05, 3.63) is 12.2 Å². The Morgan fingerprint density at radius 3 is 2.15 bits per heavy atom. The molecule has 7 fully saturated rings. The first-order chi connectivity index (χ1) is 16.2. The summed E-state index contributed by atoms with van der Waals surface area (Å²) >= 11 is 0. The highest BCUT2D eigenvalue weighted by atomic mass is 19.1. The molecule has 34 heavy (non-hydrogen) atoms. The number of hydrogen-bond acceptors (Lipinski definition) is 6. The van der Waals surface area contributed by atoms with Crippen molar-refractivity contribution in [2.24, 2.45) is 34.5 Å². The number of halogens is 2. The van der Waals surface area contributed by atoms with Gasteiger partial charge in [0, 0.05) is 18.8 Å². The summed E-state index contributed by atoms with van der Waals surface area (Å²) in [6.45, 7) is 11.0. The summed E-state index contributed by atoms with van der Waals surface area (Å²) in [5.74, 6) is -4.04. The van der Waals surface area contributed by atoms with Gasteiger partial charge in [0.1, 0.15) is 0 Å². The van der Waals surface area contributed by atoms with E-state index in [0.717, 1.165) is 18.4 Å². The molecule has 4 saturated carbocycles. The summed E-state index contributed by atoms with van der Waals surface area (Å²) in [5.41, 5.74) is -0.416. The van der Waals surface area contributed by atoms with E-state index in [4.69, 9.17) is 28.4 Å². The Balaban J connectivity index is 1.36. The Morgan fingerprint density at radius 1 is 0.853 bits per heavy atom. The minimum atomic E-state index is -1.59. The number of allylic oxidation sites excluding steroid dienone is 1. The number of rotatable bonds is 0. The van der Waals surface area contributed by atoms with Crippen LogP contribution in [-0.4, -0.2) is 69.3 Å². The summed E-state index contributed by atoms with van der Waals surface area (Å²) in [6, 6.07) is 0. The molecule has 0 bridgehead atoms. The van der Waals surface area contributed by atoms with Crippen molar-refractivity contribution in [3.63, 3.8) is 0 Å². The van der Waals surface area contributed by atoms with Gasteiger partial charge in [-0.1, -0.05) is 26.0 Å². The van der Waals surface area contributed by atoms with E-state index in [2.05, 4.69) is 13.5 Å². The van der Waals surface area contributed by atoms with E-state index >= 15 is 8.78 Å². The second-order valence-corrected chi connectivity index (χ2v) is 12.1. The van der Waals surface area contributed by atoms with Crippen molar-refractivity contribution >= 4 is 0 Å². The Morgan fingerprint density at radius 2 is 1.47 bits per heavy atom. The van der Waals surface area contributed by atoms with E-state index in [-0.39, 0.29) is 48.7 Å². The van der Waals surface area contributed by atoms with Crippen LogP contribution in [0, 0.1) is 34.5 Å². The molecule has 3 saturated heterocycles. The van der Waals surface area contributed by atoms with E-state index in [0.29, 0.717) is 39.3 Å². The van der Waals surface area contributed by atoms with E-state index in [1.165, 1.54) is 0 Å². The van der Waals surface area contributed by atoms with Crippen LogP contribution in [0.1, 0.15) is 46.0 Å². The lowest BCUT2D eigenvalue weighted by Gasteiger charge is -2.67. The fourth-order valence-electron chi connectivity index (χ4n) is 9.68. The number of alkyl halides is 2. The van der Waals surface area contributed by atoms with E-state index in [1.807, 2.05) is 6.92 Å². The first-order valence-electron chi connectivity index (χ1n) is 13.0. The zero-order valence-electron chi connectivity index (χ0n) is 20.2. The lowest BCUT2D eigenvalue weighted by Crippen LogP contribution is -2.74. The molecule has 7 rings (SSSR count). The molecule has 8 heteroatoms. The molecule has 4 aliphatic carbocycles. The Labute approximate surface area is 199 Å². The van der Waals surface area contributed by atoms with E-state index < -0.39 is 35.1 Å². The first kappa shape index (κ1) is 22.5. The predicted octanol–water partition coefficient (Wildman–Crippen LogP) is 3.93. The summed E-state index contributed by atoms with van der Waals surface area (Å²) in [4.78, 5) is 0. The predicted molar refractivity (Wildman–Crippen MR) is 116 cm³/mol. The molecule has 0 aromatic heterocycles. The molecule has 0 amide bonds. The summed E-state index contributed by atoms with van der Waals surface area (Å²) in [6.07, 6.45) is 0.180. The summed E-state index contributed by atoms with van der Waals surface area (Å²) < 4.78 is 69.7. The number of hydrogen-bond donors (Lipinski definition) is 0. The van der Waals surface area contributed by atoms with Crippen LogP contribution >= 0.6 is 0 Å².